The number of hydrogen-bond donors (Lipinski definition) is 4. The van der Waals surface area contributed by atoms with Crippen LogP contribution in [0.1, 0.15) is 32.4 Å². The summed E-state index contributed by atoms with van der Waals surface area (Å²) in [5.41, 5.74) is 0.383. The summed E-state index contributed by atoms with van der Waals surface area (Å²) in [6.45, 7) is 3.87. The minimum Gasteiger partial charge on any atom is -0.480 e. The number of imide groups is 1. The van der Waals surface area contributed by atoms with Crippen LogP contribution in [-0.2, 0) is 28.7 Å². The number of benzene rings is 1. The highest BCUT2D eigenvalue weighted by atomic mass is 32.2. The zero-order valence-corrected chi connectivity index (χ0v) is 19.4. The van der Waals surface area contributed by atoms with E-state index in [-0.39, 0.29) is 0 Å². The molecule has 3 rings (SSSR count). The van der Waals surface area contributed by atoms with Crippen molar-refractivity contribution in [1.82, 2.24) is 20.9 Å². The third kappa shape index (κ3) is 5.14. The topological polar surface area (TPSA) is 171 Å². The van der Waals surface area contributed by atoms with Gasteiger partial charge in [-0.2, -0.15) is 0 Å². The average molecular weight is 493 g/mol. The number of ether oxygens (including phenoxy) is 1. The van der Waals surface area contributed by atoms with Crippen molar-refractivity contribution in [3.63, 3.8) is 0 Å². The number of carbonyl (C=O) groups is 6. The van der Waals surface area contributed by atoms with Gasteiger partial charge in [0.25, 0.3) is 5.91 Å². The van der Waals surface area contributed by atoms with Gasteiger partial charge in [0.2, 0.25) is 11.8 Å². The Morgan fingerprint density at radius 3 is 2.41 bits per heavy atom. The summed E-state index contributed by atoms with van der Waals surface area (Å²) < 4.78 is 3.76. The van der Waals surface area contributed by atoms with Crippen LogP contribution in [0.15, 0.2) is 30.3 Å². The Bertz CT molecular complexity index is 1030. The second-order valence-corrected chi connectivity index (χ2v) is 10.0. The van der Waals surface area contributed by atoms with Gasteiger partial charge >= 0.3 is 18.0 Å². The van der Waals surface area contributed by atoms with E-state index in [4.69, 9.17) is 0 Å². The van der Waals surface area contributed by atoms with E-state index in [0.717, 1.165) is 6.92 Å². The van der Waals surface area contributed by atoms with E-state index in [9.17, 15) is 33.9 Å². The van der Waals surface area contributed by atoms with Gasteiger partial charge in [0.15, 0.2) is 6.61 Å². The number of fused-ring (bicyclic) bond motifs is 1. The number of esters is 1. The number of nitrogens with one attached hydrogen (secondary N) is 3. The fraction of sp³-hybridized carbons (Fsp3) is 0.429. The molecule has 5 amide bonds. The highest BCUT2D eigenvalue weighted by Gasteiger charge is 2.64. The molecule has 1 aromatic carbocycles. The molecule has 2 fully saturated rings. The number of carbonyl (C=O) groups excluding carboxylic acids is 5. The molecule has 0 saturated carbocycles. The maximum absolute atomic E-state index is 13.1. The van der Waals surface area contributed by atoms with Crippen molar-refractivity contribution in [2.75, 3.05) is 6.61 Å². The number of urea groups is 1. The lowest BCUT2D eigenvalue weighted by Gasteiger charge is -2.44. The van der Waals surface area contributed by atoms with Gasteiger partial charge in [-0.15, -0.1) is 11.8 Å². The van der Waals surface area contributed by atoms with Crippen LogP contribution in [0, 0.1) is 0 Å². The molecule has 182 valence electrons. The van der Waals surface area contributed by atoms with Crippen LogP contribution >= 0.6 is 11.8 Å². The SMILES string of the molecule is CC(=O)OCC(=O)NC(=O)NC(C(=O)N[C@@H]1C(=O)N2[C@@H]1SC(C)(C)[C@@H]2C(=O)O)c1ccccc1. The molecule has 1 unspecified atom stereocenters. The molecule has 4 N–H and O–H groups in total. The highest BCUT2D eigenvalue weighted by molar-refractivity contribution is 8.01. The van der Waals surface area contributed by atoms with Gasteiger partial charge in [-0.25, -0.2) is 9.59 Å². The van der Waals surface area contributed by atoms with Crippen LogP contribution in [0.3, 0.4) is 0 Å². The van der Waals surface area contributed by atoms with Crippen molar-refractivity contribution in [1.29, 1.82) is 0 Å². The molecule has 2 heterocycles. The number of rotatable bonds is 7. The zero-order chi connectivity index (χ0) is 25.2. The van der Waals surface area contributed by atoms with Crippen LogP contribution in [0.2, 0.25) is 0 Å². The first kappa shape index (κ1) is 25.0. The number of amides is 5. The molecular formula is C21H24N4O8S. The number of carboxylic acids is 1. The lowest BCUT2D eigenvalue weighted by atomic mass is 9.95. The van der Waals surface area contributed by atoms with Gasteiger partial charge in [0.1, 0.15) is 23.5 Å². The Morgan fingerprint density at radius 1 is 1.18 bits per heavy atom. The molecule has 34 heavy (non-hydrogen) atoms. The Labute approximate surface area is 198 Å². The lowest BCUT2D eigenvalue weighted by Crippen LogP contribution is -2.71. The summed E-state index contributed by atoms with van der Waals surface area (Å²) in [5.74, 6) is -3.97. The van der Waals surface area contributed by atoms with Crippen LogP contribution in [0.5, 0.6) is 0 Å². The molecular weight excluding hydrogens is 468 g/mol. The lowest BCUT2D eigenvalue weighted by molar-refractivity contribution is -0.161. The second-order valence-electron chi connectivity index (χ2n) is 8.23. The normalized spacial score (nSPS) is 23.1. The summed E-state index contributed by atoms with van der Waals surface area (Å²) in [6.07, 6.45) is 0. The van der Waals surface area contributed by atoms with Gasteiger partial charge in [0.05, 0.1) is 0 Å². The first-order valence-corrected chi connectivity index (χ1v) is 11.1. The molecule has 13 heteroatoms. The van der Waals surface area contributed by atoms with Crippen molar-refractivity contribution in [3.8, 4) is 0 Å². The minimum absolute atomic E-state index is 0.383. The molecule has 0 aromatic heterocycles. The van der Waals surface area contributed by atoms with E-state index in [1.165, 1.54) is 16.7 Å². The molecule has 12 nitrogen and oxygen atoms in total. The number of nitrogens with zero attached hydrogens (tertiary/aromatic N) is 1. The maximum Gasteiger partial charge on any atom is 0.327 e. The zero-order valence-electron chi connectivity index (χ0n) is 18.6. The van der Waals surface area contributed by atoms with E-state index < -0.39 is 70.5 Å². The van der Waals surface area contributed by atoms with Crippen molar-refractivity contribution >= 4 is 47.5 Å². The van der Waals surface area contributed by atoms with Crippen LogP contribution < -0.4 is 16.0 Å². The summed E-state index contributed by atoms with van der Waals surface area (Å²) in [6, 6.07) is 3.88. The minimum atomic E-state index is -1.26. The number of aliphatic carboxylic acids is 1. The summed E-state index contributed by atoms with van der Waals surface area (Å²) >= 11 is 1.27. The number of carboxylic acid groups (broad SMARTS) is 1. The largest absolute Gasteiger partial charge is 0.480 e. The van der Waals surface area contributed by atoms with Crippen LogP contribution in [-0.4, -0.2) is 74.5 Å². The molecule has 4 atom stereocenters. The number of hydrogen-bond acceptors (Lipinski definition) is 8. The molecule has 1 aromatic rings. The highest BCUT2D eigenvalue weighted by Crippen LogP contribution is 2.50. The molecule has 2 saturated heterocycles. The quantitative estimate of drug-likeness (QED) is 0.296. The first-order chi connectivity index (χ1) is 15.9. The Hall–Kier alpha value is -3.61. The molecule has 0 radical (unpaired) electrons. The van der Waals surface area contributed by atoms with E-state index in [2.05, 4.69) is 15.4 Å². The predicted octanol–water partition coefficient (Wildman–Crippen LogP) is -0.252. The molecule has 0 aliphatic carbocycles. The Morgan fingerprint density at radius 2 is 1.82 bits per heavy atom. The van der Waals surface area contributed by atoms with Crippen molar-refractivity contribution in [3.05, 3.63) is 35.9 Å². The van der Waals surface area contributed by atoms with Gasteiger partial charge < -0.3 is 25.4 Å². The molecule has 2 aliphatic rings. The van der Waals surface area contributed by atoms with E-state index in [1.807, 2.05) is 5.32 Å². The van der Waals surface area contributed by atoms with Gasteiger partial charge in [-0.3, -0.25) is 24.5 Å². The van der Waals surface area contributed by atoms with E-state index in [0.29, 0.717) is 5.56 Å². The van der Waals surface area contributed by atoms with Crippen LogP contribution in [0.4, 0.5) is 4.79 Å². The molecule has 2 aliphatic heterocycles. The van der Waals surface area contributed by atoms with Crippen molar-refractivity contribution < 1.29 is 38.6 Å². The third-order valence-electron chi connectivity index (χ3n) is 5.30. The predicted molar refractivity (Wildman–Crippen MR) is 118 cm³/mol. The average Bonchev–Trinajstić information content (AvgIpc) is 3.02. The van der Waals surface area contributed by atoms with Crippen LogP contribution in [0.25, 0.3) is 0 Å². The number of thioether (sulfide) groups is 1. The fourth-order valence-electron chi connectivity index (χ4n) is 3.82. The summed E-state index contributed by atoms with van der Waals surface area (Å²) in [7, 11) is 0. The molecule has 0 spiro atoms. The van der Waals surface area contributed by atoms with Gasteiger partial charge in [-0.05, 0) is 19.4 Å². The van der Waals surface area contributed by atoms with E-state index >= 15 is 0 Å². The smallest absolute Gasteiger partial charge is 0.327 e. The first-order valence-electron chi connectivity index (χ1n) is 10.2. The summed E-state index contributed by atoms with van der Waals surface area (Å²) in [5, 5.41) is 15.9. The Kier molecular flexibility index (Phi) is 7.15. The fourth-order valence-corrected chi connectivity index (χ4v) is 5.45. The van der Waals surface area contributed by atoms with Gasteiger partial charge in [-0.1, -0.05) is 30.3 Å². The van der Waals surface area contributed by atoms with E-state index in [1.54, 1.807) is 44.2 Å². The second kappa shape index (κ2) is 9.71. The third-order valence-corrected chi connectivity index (χ3v) is 6.87. The molecule has 0 bridgehead atoms. The summed E-state index contributed by atoms with van der Waals surface area (Å²) in [4.78, 5) is 73.5. The maximum atomic E-state index is 13.1. The Balaban J connectivity index is 1.71. The van der Waals surface area contributed by atoms with Crippen molar-refractivity contribution in [2.24, 2.45) is 0 Å². The van der Waals surface area contributed by atoms with Gasteiger partial charge in [0, 0.05) is 11.7 Å². The monoisotopic (exact) mass is 492 g/mol. The van der Waals surface area contributed by atoms with Crippen molar-refractivity contribution in [2.45, 2.75) is 49.0 Å². The standard InChI is InChI=1S/C21H24N4O8S/c1-10(26)33-9-12(27)22-20(32)24-13(11-7-5-4-6-8-11)16(28)23-14-17(29)25-15(19(30)31)21(2,3)34-18(14)25/h4-8,13-15,18H,9H2,1-3H3,(H,23,28)(H,30,31)(H2,22,24,27,32)/t13?,14-,15+,18-/m1/s1. The number of β-lactam (4-membered cyclic amide) rings is 1.